The van der Waals surface area contributed by atoms with Crippen LogP contribution in [-0.2, 0) is 19.1 Å². The second-order valence-electron chi connectivity index (χ2n) is 4.02. The van der Waals surface area contributed by atoms with E-state index >= 15 is 0 Å². The van der Waals surface area contributed by atoms with Crippen LogP contribution in [0.15, 0.2) is 54.6 Å². The number of rotatable bonds is 8. The first-order valence-corrected chi connectivity index (χ1v) is 6.66. The van der Waals surface area contributed by atoms with Gasteiger partial charge in [0.1, 0.15) is 19.0 Å². The molecule has 0 aliphatic rings. The Morgan fingerprint density at radius 3 is 2.35 bits per heavy atom. The molecule has 1 aromatic rings. The number of carbonyl (C=O) groups is 2. The first-order chi connectivity index (χ1) is 11.2. The number of nitrogens with zero attached hydrogens (tertiary/aromatic N) is 2. The molecule has 0 bridgehead atoms. The van der Waals surface area contributed by atoms with E-state index in [9.17, 15) is 9.59 Å². The van der Waals surface area contributed by atoms with Crippen LogP contribution in [0.3, 0.4) is 0 Å². The van der Waals surface area contributed by atoms with Gasteiger partial charge in [0, 0.05) is 0 Å². The van der Waals surface area contributed by atoms with Gasteiger partial charge in [0.25, 0.3) is 0 Å². The molecule has 0 saturated carbocycles. The van der Waals surface area contributed by atoms with Crippen molar-refractivity contribution in [1.82, 2.24) is 0 Å². The summed E-state index contributed by atoms with van der Waals surface area (Å²) in [6, 6.07) is 9.37. The highest BCUT2D eigenvalue weighted by molar-refractivity contribution is 6.60. The van der Waals surface area contributed by atoms with Crippen molar-refractivity contribution < 1.29 is 28.6 Å². The number of para-hydroxylation sites is 1. The molecule has 0 saturated heterocycles. The molecule has 0 atom stereocenters. The molecule has 7 heteroatoms. The molecule has 0 heterocycles. The Bertz CT molecular complexity index is 631. The van der Waals surface area contributed by atoms with E-state index in [2.05, 4.69) is 9.53 Å². The van der Waals surface area contributed by atoms with Gasteiger partial charge in [0.15, 0.2) is 0 Å². The summed E-state index contributed by atoms with van der Waals surface area (Å²) in [5, 5.41) is 0. The highest BCUT2D eigenvalue weighted by Gasteiger charge is 2.32. The maximum atomic E-state index is 11.4. The zero-order chi connectivity index (χ0) is 16.9. The maximum absolute atomic E-state index is 11.4. The third-order valence-corrected chi connectivity index (χ3v) is 2.46. The highest BCUT2D eigenvalue weighted by Crippen LogP contribution is 2.07. The molecule has 1 aromatic carbocycles. The standard InChI is InChI=1S/C16H16N2O5/c1-21-15(19)14(18-17)16(20)23-12-8-3-2-7-11-22-13-9-5-4-6-10-13/h2-10H,11-12H2,1H3. The summed E-state index contributed by atoms with van der Waals surface area (Å²) in [4.78, 5) is 25.0. The second-order valence-corrected chi connectivity index (χ2v) is 4.02. The van der Waals surface area contributed by atoms with Gasteiger partial charge in [0.05, 0.1) is 7.11 Å². The Labute approximate surface area is 133 Å². The second kappa shape index (κ2) is 10.5. The van der Waals surface area contributed by atoms with Crippen molar-refractivity contribution in [3.05, 3.63) is 60.2 Å². The van der Waals surface area contributed by atoms with Crippen LogP contribution in [0.4, 0.5) is 0 Å². The summed E-state index contributed by atoms with van der Waals surface area (Å²) in [5.41, 5.74) is 7.72. The first-order valence-electron chi connectivity index (χ1n) is 6.66. The lowest BCUT2D eigenvalue weighted by molar-refractivity contribution is -0.147. The number of allylic oxidation sites excluding steroid dienone is 2. The number of carbonyl (C=O) groups excluding carboxylic acids is 2. The zero-order valence-corrected chi connectivity index (χ0v) is 12.5. The molecule has 0 fully saturated rings. The molecule has 0 N–H and O–H groups in total. The summed E-state index contributed by atoms with van der Waals surface area (Å²) in [5.74, 6) is -1.37. The van der Waals surface area contributed by atoms with Gasteiger partial charge in [-0.25, -0.2) is 9.59 Å². The molecular formula is C16H16N2O5. The molecule has 23 heavy (non-hydrogen) atoms. The fourth-order valence-corrected chi connectivity index (χ4v) is 1.38. The maximum Gasteiger partial charge on any atom is 0.482 e. The molecule has 120 valence electrons. The lowest BCUT2D eigenvalue weighted by Crippen LogP contribution is -2.28. The third kappa shape index (κ3) is 6.88. The van der Waals surface area contributed by atoms with E-state index in [0.717, 1.165) is 12.9 Å². The lowest BCUT2D eigenvalue weighted by Gasteiger charge is -2.00. The summed E-state index contributed by atoms with van der Waals surface area (Å²) in [6.07, 6.45) is 6.69. The van der Waals surface area contributed by atoms with Gasteiger partial charge < -0.3 is 19.7 Å². The third-order valence-electron chi connectivity index (χ3n) is 2.46. The Balaban J connectivity index is 2.26. The number of hydrogen-bond acceptors (Lipinski definition) is 5. The molecule has 0 aliphatic carbocycles. The quantitative estimate of drug-likeness (QED) is 0.181. The first kappa shape index (κ1) is 17.9. The number of hydrogen-bond donors (Lipinski definition) is 0. The van der Waals surface area contributed by atoms with Crippen LogP contribution in [0.25, 0.3) is 5.53 Å². The minimum absolute atomic E-state index is 0.0846. The van der Waals surface area contributed by atoms with Gasteiger partial charge in [0.2, 0.25) is 0 Å². The molecule has 0 radical (unpaired) electrons. The van der Waals surface area contributed by atoms with E-state index in [4.69, 9.17) is 15.0 Å². The summed E-state index contributed by atoms with van der Waals surface area (Å²) in [6.45, 7) is 0.316. The van der Waals surface area contributed by atoms with E-state index < -0.39 is 17.7 Å². The SMILES string of the molecule is COC(=O)C(=[N+]=[N-])C(=O)OCC=CC=CCOc1ccccc1. The van der Waals surface area contributed by atoms with Crippen molar-refractivity contribution >= 4 is 17.7 Å². The predicted molar refractivity (Wildman–Crippen MR) is 81.8 cm³/mol. The monoisotopic (exact) mass is 316 g/mol. The van der Waals surface area contributed by atoms with E-state index in [1.54, 1.807) is 24.3 Å². The van der Waals surface area contributed by atoms with Crippen LogP contribution >= 0.6 is 0 Å². The molecule has 1 rings (SSSR count). The van der Waals surface area contributed by atoms with E-state index in [0.29, 0.717) is 6.61 Å². The van der Waals surface area contributed by atoms with Crippen LogP contribution in [0, 0.1) is 0 Å². The Morgan fingerprint density at radius 2 is 1.74 bits per heavy atom. The van der Waals surface area contributed by atoms with Crippen molar-refractivity contribution in [3.8, 4) is 5.75 Å². The highest BCUT2D eigenvalue weighted by atomic mass is 16.5. The van der Waals surface area contributed by atoms with Crippen LogP contribution in [0.2, 0.25) is 0 Å². The number of methoxy groups -OCH3 is 1. The average Bonchev–Trinajstić information content (AvgIpc) is 2.58. The summed E-state index contributed by atoms with van der Waals surface area (Å²) >= 11 is 0. The molecule has 0 aromatic heterocycles. The Morgan fingerprint density at radius 1 is 1.09 bits per heavy atom. The molecule has 0 unspecified atom stereocenters. The van der Waals surface area contributed by atoms with Crippen molar-refractivity contribution in [3.63, 3.8) is 0 Å². The van der Waals surface area contributed by atoms with Gasteiger partial charge in [-0.05, 0) is 24.3 Å². The Kier molecular flexibility index (Phi) is 8.18. The normalized spacial score (nSPS) is 10.3. The van der Waals surface area contributed by atoms with Crippen LogP contribution in [-0.4, -0.2) is 42.8 Å². The van der Waals surface area contributed by atoms with Gasteiger partial charge >= 0.3 is 17.7 Å². The average molecular weight is 316 g/mol. The van der Waals surface area contributed by atoms with Crippen LogP contribution in [0.5, 0.6) is 5.75 Å². The van der Waals surface area contributed by atoms with E-state index in [1.165, 1.54) is 0 Å². The van der Waals surface area contributed by atoms with Crippen molar-refractivity contribution in [2.24, 2.45) is 0 Å². The smallest absolute Gasteiger partial charge is 0.482 e. The number of esters is 2. The van der Waals surface area contributed by atoms with Crippen LogP contribution in [0.1, 0.15) is 0 Å². The van der Waals surface area contributed by atoms with Gasteiger partial charge in [-0.15, -0.1) is 0 Å². The van der Waals surface area contributed by atoms with Gasteiger partial charge in [-0.2, -0.15) is 4.79 Å². The van der Waals surface area contributed by atoms with Gasteiger partial charge in [-0.1, -0.05) is 30.4 Å². The van der Waals surface area contributed by atoms with Crippen molar-refractivity contribution in [1.29, 1.82) is 0 Å². The molecular weight excluding hydrogens is 300 g/mol. The number of benzene rings is 1. The van der Waals surface area contributed by atoms with E-state index in [1.807, 2.05) is 30.3 Å². The molecule has 0 aliphatic heterocycles. The fourth-order valence-electron chi connectivity index (χ4n) is 1.38. The fraction of sp³-hybridized carbons (Fsp3) is 0.188. The molecule has 0 amide bonds. The molecule has 0 spiro atoms. The zero-order valence-electron chi connectivity index (χ0n) is 12.5. The predicted octanol–water partition coefficient (Wildman–Crippen LogP) is 1.56. The van der Waals surface area contributed by atoms with Crippen LogP contribution < -0.4 is 4.74 Å². The van der Waals surface area contributed by atoms with Crippen molar-refractivity contribution in [2.45, 2.75) is 0 Å². The van der Waals surface area contributed by atoms with Crippen molar-refractivity contribution in [2.75, 3.05) is 20.3 Å². The van der Waals surface area contributed by atoms with E-state index in [-0.39, 0.29) is 6.61 Å². The summed E-state index contributed by atoms with van der Waals surface area (Å²) < 4.78 is 14.4. The lowest BCUT2D eigenvalue weighted by atomic mass is 10.3. The largest absolute Gasteiger partial charge is 0.490 e. The van der Waals surface area contributed by atoms with Gasteiger partial charge in [-0.3, -0.25) is 0 Å². The topological polar surface area (TPSA) is 98.2 Å². The number of ether oxygens (including phenoxy) is 3. The Hall–Kier alpha value is -3.18. The summed E-state index contributed by atoms with van der Waals surface area (Å²) in [7, 11) is 1.06. The molecule has 7 nitrogen and oxygen atoms in total. The minimum atomic E-state index is -1.07. The minimum Gasteiger partial charge on any atom is -0.490 e.